The zero-order valence-electron chi connectivity index (χ0n) is 13.8. The Bertz CT molecular complexity index is 825. The minimum absolute atomic E-state index is 0.0315. The van der Waals surface area contributed by atoms with Gasteiger partial charge < -0.3 is 19.3 Å². The predicted octanol–water partition coefficient (Wildman–Crippen LogP) is 2.72. The van der Waals surface area contributed by atoms with Gasteiger partial charge in [-0.15, -0.1) is 0 Å². The molecular weight excluding hydrogens is 336 g/mol. The van der Waals surface area contributed by atoms with Gasteiger partial charge in [0.05, 0.1) is 5.56 Å². The second kappa shape index (κ2) is 9.55. The summed E-state index contributed by atoms with van der Waals surface area (Å²) in [5.74, 6) is 5.22. The summed E-state index contributed by atoms with van der Waals surface area (Å²) in [7, 11) is 0. The van der Waals surface area contributed by atoms with E-state index >= 15 is 0 Å². The van der Waals surface area contributed by atoms with Crippen LogP contribution in [0.15, 0.2) is 61.2 Å². The van der Waals surface area contributed by atoms with Crippen LogP contribution in [-0.4, -0.2) is 30.3 Å². The second-order valence-electron chi connectivity index (χ2n) is 4.86. The SMILES string of the molecule is C=CC(=O)OCC#CCOc1ccc(C(=O)Oc2ccc(O)cc2)cc1. The molecule has 0 spiro atoms. The molecule has 6 nitrogen and oxygen atoms in total. The molecule has 2 aromatic carbocycles. The summed E-state index contributed by atoms with van der Waals surface area (Å²) < 4.78 is 15.3. The van der Waals surface area contributed by atoms with Crippen LogP contribution in [0.5, 0.6) is 17.2 Å². The largest absolute Gasteiger partial charge is 0.508 e. The number of carbonyl (C=O) groups excluding carboxylic acids is 2. The van der Waals surface area contributed by atoms with Gasteiger partial charge in [0.1, 0.15) is 23.9 Å². The van der Waals surface area contributed by atoms with Gasteiger partial charge in [-0.1, -0.05) is 18.4 Å². The molecule has 132 valence electrons. The number of phenolic OH excluding ortho intramolecular Hbond substituents is 1. The average Bonchev–Trinajstić information content (AvgIpc) is 2.66. The number of benzene rings is 2. The van der Waals surface area contributed by atoms with Crippen LogP contribution >= 0.6 is 0 Å². The fraction of sp³-hybridized carbons (Fsp3) is 0.100. The Morgan fingerprint density at radius 1 is 0.962 bits per heavy atom. The van der Waals surface area contributed by atoms with Gasteiger partial charge in [-0.25, -0.2) is 9.59 Å². The highest BCUT2D eigenvalue weighted by Gasteiger charge is 2.08. The molecule has 0 aliphatic heterocycles. The lowest BCUT2D eigenvalue weighted by molar-refractivity contribution is -0.136. The minimum atomic E-state index is -0.532. The van der Waals surface area contributed by atoms with E-state index < -0.39 is 11.9 Å². The summed E-state index contributed by atoms with van der Waals surface area (Å²) in [5.41, 5.74) is 0.354. The van der Waals surface area contributed by atoms with Crippen molar-refractivity contribution in [3.63, 3.8) is 0 Å². The third-order valence-electron chi connectivity index (χ3n) is 3.03. The quantitative estimate of drug-likeness (QED) is 0.373. The number of esters is 2. The molecule has 0 aliphatic rings. The van der Waals surface area contributed by atoms with E-state index in [1.54, 1.807) is 24.3 Å². The van der Waals surface area contributed by atoms with E-state index in [0.717, 1.165) is 6.08 Å². The summed E-state index contributed by atoms with van der Waals surface area (Å²) >= 11 is 0. The molecule has 0 heterocycles. The van der Waals surface area contributed by atoms with E-state index in [4.69, 9.17) is 9.47 Å². The van der Waals surface area contributed by atoms with Crippen molar-refractivity contribution in [2.75, 3.05) is 13.2 Å². The van der Waals surface area contributed by atoms with Gasteiger partial charge >= 0.3 is 11.9 Å². The van der Waals surface area contributed by atoms with E-state index in [0.29, 0.717) is 17.1 Å². The minimum Gasteiger partial charge on any atom is -0.508 e. The number of ether oxygens (including phenoxy) is 3. The van der Waals surface area contributed by atoms with Crippen molar-refractivity contribution in [2.45, 2.75) is 0 Å². The monoisotopic (exact) mass is 352 g/mol. The molecule has 0 radical (unpaired) electrons. The first-order chi connectivity index (χ1) is 12.6. The Kier molecular flexibility index (Phi) is 6.83. The molecule has 2 rings (SSSR count). The van der Waals surface area contributed by atoms with Gasteiger partial charge in [0.2, 0.25) is 0 Å². The number of hydrogen-bond donors (Lipinski definition) is 1. The van der Waals surface area contributed by atoms with Gasteiger partial charge in [0.25, 0.3) is 0 Å². The molecule has 0 aromatic heterocycles. The molecule has 0 atom stereocenters. The van der Waals surface area contributed by atoms with E-state index in [1.165, 1.54) is 24.3 Å². The third-order valence-corrected chi connectivity index (χ3v) is 3.03. The van der Waals surface area contributed by atoms with Crippen LogP contribution in [0.1, 0.15) is 10.4 Å². The number of carbonyl (C=O) groups is 2. The predicted molar refractivity (Wildman–Crippen MR) is 93.9 cm³/mol. The van der Waals surface area contributed by atoms with E-state index in [1.807, 2.05) is 0 Å². The van der Waals surface area contributed by atoms with Crippen molar-refractivity contribution in [3.8, 4) is 29.1 Å². The van der Waals surface area contributed by atoms with Crippen molar-refractivity contribution in [2.24, 2.45) is 0 Å². The average molecular weight is 352 g/mol. The van der Waals surface area contributed by atoms with Crippen molar-refractivity contribution in [3.05, 3.63) is 66.7 Å². The van der Waals surface area contributed by atoms with Crippen molar-refractivity contribution >= 4 is 11.9 Å². The summed E-state index contributed by atoms with van der Waals surface area (Å²) in [6, 6.07) is 12.2. The van der Waals surface area contributed by atoms with Crippen molar-refractivity contribution in [1.82, 2.24) is 0 Å². The standard InChI is InChI=1S/C20H16O6/c1-2-19(22)25-14-4-3-13-24-17-9-5-15(6-10-17)20(23)26-18-11-7-16(21)8-12-18/h2,5-12,21H,1,13-14H2. The Morgan fingerprint density at radius 3 is 2.23 bits per heavy atom. The van der Waals surface area contributed by atoms with E-state index in [2.05, 4.69) is 23.2 Å². The molecule has 0 aliphatic carbocycles. The molecule has 6 heteroatoms. The molecule has 2 aromatic rings. The fourth-order valence-electron chi connectivity index (χ4n) is 1.76. The molecule has 1 N–H and O–H groups in total. The van der Waals surface area contributed by atoms with Crippen LogP contribution in [0.25, 0.3) is 0 Å². The molecule has 0 saturated heterocycles. The molecule has 0 amide bonds. The Labute approximate surface area is 150 Å². The molecule has 26 heavy (non-hydrogen) atoms. The highest BCUT2D eigenvalue weighted by molar-refractivity contribution is 5.91. The highest BCUT2D eigenvalue weighted by atomic mass is 16.5. The van der Waals surface area contributed by atoms with Gasteiger partial charge in [0.15, 0.2) is 6.61 Å². The molecule has 0 fully saturated rings. The normalized spacial score (nSPS) is 9.38. The summed E-state index contributed by atoms with van der Waals surface area (Å²) in [5, 5.41) is 9.20. The van der Waals surface area contributed by atoms with Crippen LogP contribution in [0, 0.1) is 11.8 Å². The lowest BCUT2D eigenvalue weighted by atomic mass is 10.2. The maximum atomic E-state index is 12.0. The molecule has 0 bridgehead atoms. The maximum absolute atomic E-state index is 12.0. The molecule has 0 unspecified atom stereocenters. The number of hydrogen-bond acceptors (Lipinski definition) is 6. The first kappa shape index (κ1) is 18.6. The van der Waals surface area contributed by atoms with Crippen LogP contribution < -0.4 is 9.47 Å². The van der Waals surface area contributed by atoms with Crippen LogP contribution in [0.4, 0.5) is 0 Å². The maximum Gasteiger partial charge on any atom is 0.343 e. The van der Waals surface area contributed by atoms with E-state index in [9.17, 15) is 14.7 Å². The third kappa shape index (κ3) is 6.06. The summed E-state index contributed by atoms with van der Waals surface area (Å²) in [4.78, 5) is 22.8. The zero-order valence-corrected chi connectivity index (χ0v) is 13.8. The second-order valence-corrected chi connectivity index (χ2v) is 4.86. The van der Waals surface area contributed by atoms with Crippen LogP contribution in [0.3, 0.4) is 0 Å². The molecular formula is C20H16O6. The van der Waals surface area contributed by atoms with Gasteiger partial charge in [-0.2, -0.15) is 0 Å². The Hall–Kier alpha value is -3.72. The lowest BCUT2D eigenvalue weighted by Gasteiger charge is -2.06. The smallest absolute Gasteiger partial charge is 0.343 e. The Morgan fingerprint density at radius 2 is 1.58 bits per heavy atom. The number of aromatic hydroxyl groups is 1. The summed E-state index contributed by atoms with van der Waals surface area (Å²) in [6.45, 7) is 3.35. The first-order valence-electron chi connectivity index (χ1n) is 7.57. The number of phenols is 1. The van der Waals surface area contributed by atoms with Gasteiger partial charge in [0, 0.05) is 6.08 Å². The van der Waals surface area contributed by atoms with Crippen molar-refractivity contribution < 1.29 is 28.9 Å². The van der Waals surface area contributed by atoms with E-state index in [-0.39, 0.29) is 19.0 Å². The van der Waals surface area contributed by atoms with Gasteiger partial charge in [-0.3, -0.25) is 0 Å². The first-order valence-corrected chi connectivity index (χ1v) is 7.57. The van der Waals surface area contributed by atoms with Crippen LogP contribution in [0.2, 0.25) is 0 Å². The van der Waals surface area contributed by atoms with Crippen LogP contribution in [-0.2, 0) is 9.53 Å². The zero-order chi connectivity index (χ0) is 18.8. The molecule has 0 saturated carbocycles. The summed E-state index contributed by atoms with van der Waals surface area (Å²) in [6.07, 6.45) is 1.06. The van der Waals surface area contributed by atoms with Crippen molar-refractivity contribution in [1.29, 1.82) is 0 Å². The number of rotatable bonds is 6. The lowest BCUT2D eigenvalue weighted by Crippen LogP contribution is -2.08. The Balaban J connectivity index is 1.81. The topological polar surface area (TPSA) is 82.1 Å². The highest BCUT2D eigenvalue weighted by Crippen LogP contribution is 2.18. The van der Waals surface area contributed by atoms with Gasteiger partial charge in [-0.05, 0) is 48.5 Å². The fourth-order valence-corrected chi connectivity index (χ4v) is 1.76.